The Morgan fingerprint density at radius 3 is 2.67 bits per heavy atom. The Balaban J connectivity index is 1.72. The van der Waals surface area contributed by atoms with Crippen LogP contribution >= 0.6 is 0 Å². The van der Waals surface area contributed by atoms with Crippen LogP contribution in [0.4, 0.5) is 4.79 Å². The molecule has 0 unspecified atom stereocenters. The fourth-order valence-electron chi connectivity index (χ4n) is 2.67. The van der Waals surface area contributed by atoms with Gasteiger partial charge in [-0.05, 0) is 24.1 Å². The van der Waals surface area contributed by atoms with Crippen molar-refractivity contribution < 1.29 is 19.1 Å². The monoisotopic (exact) mass is 329 g/mol. The van der Waals surface area contributed by atoms with Gasteiger partial charge in [0, 0.05) is 13.1 Å². The smallest absolute Gasteiger partial charge is 0.329 e. The topological polar surface area (TPSA) is 79.0 Å². The van der Waals surface area contributed by atoms with Gasteiger partial charge in [-0.25, -0.2) is 9.69 Å². The molecular weight excluding hydrogens is 310 g/mol. The van der Waals surface area contributed by atoms with Crippen LogP contribution < -0.4 is 5.32 Å². The molecule has 0 atom stereocenters. The maximum atomic E-state index is 12.4. The third-order valence-corrected chi connectivity index (χ3v) is 4.11. The van der Waals surface area contributed by atoms with E-state index in [0.717, 1.165) is 16.0 Å². The Hall–Kier alpha value is -2.67. The second-order valence-electron chi connectivity index (χ2n) is 5.73. The molecule has 0 bridgehead atoms. The van der Waals surface area contributed by atoms with Crippen LogP contribution in [0.25, 0.3) is 6.08 Å². The number of nitrogens with zero attached hydrogens (tertiary/aromatic N) is 2. The summed E-state index contributed by atoms with van der Waals surface area (Å²) in [6.45, 7) is 3.58. The maximum Gasteiger partial charge on any atom is 0.329 e. The highest BCUT2D eigenvalue weighted by Crippen LogP contribution is 2.16. The van der Waals surface area contributed by atoms with Crippen LogP contribution in [0.5, 0.6) is 0 Å². The first-order chi connectivity index (χ1) is 11.6. The zero-order valence-electron chi connectivity index (χ0n) is 13.4. The summed E-state index contributed by atoms with van der Waals surface area (Å²) in [5, 5.41) is 2.54. The first-order valence-electron chi connectivity index (χ1n) is 7.82. The number of urea groups is 1. The van der Waals surface area contributed by atoms with Gasteiger partial charge in [-0.3, -0.25) is 9.59 Å². The van der Waals surface area contributed by atoms with E-state index in [9.17, 15) is 14.4 Å². The van der Waals surface area contributed by atoms with Crippen molar-refractivity contribution in [3.63, 3.8) is 0 Å². The van der Waals surface area contributed by atoms with E-state index in [4.69, 9.17) is 4.74 Å². The molecule has 2 fully saturated rings. The molecule has 0 radical (unpaired) electrons. The molecule has 2 aliphatic rings. The molecule has 4 amide bonds. The number of benzene rings is 1. The van der Waals surface area contributed by atoms with E-state index in [1.807, 2.05) is 31.2 Å². The van der Waals surface area contributed by atoms with Gasteiger partial charge in [-0.2, -0.15) is 0 Å². The molecule has 1 aromatic rings. The molecule has 0 spiro atoms. The first-order valence-corrected chi connectivity index (χ1v) is 7.82. The van der Waals surface area contributed by atoms with Crippen LogP contribution in [0.1, 0.15) is 11.1 Å². The molecule has 24 heavy (non-hydrogen) atoms. The summed E-state index contributed by atoms with van der Waals surface area (Å²) in [6.07, 6.45) is 1.63. The van der Waals surface area contributed by atoms with Crippen LogP contribution in [0.15, 0.2) is 30.0 Å². The van der Waals surface area contributed by atoms with Crippen LogP contribution in [-0.4, -0.2) is 60.5 Å². The summed E-state index contributed by atoms with van der Waals surface area (Å²) in [4.78, 5) is 39.3. The summed E-state index contributed by atoms with van der Waals surface area (Å²) >= 11 is 0. The Kier molecular flexibility index (Phi) is 4.61. The van der Waals surface area contributed by atoms with Gasteiger partial charge in [0.2, 0.25) is 5.91 Å². The largest absolute Gasteiger partial charge is 0.378 e. The van der Waals surface area contributed by atoms with Crippen LogP contribution in [-0.2, 0) is 14.3 Å². The van der Waals surface area contributed by atoms with E-state index in [1.54, 1.807) is 11.0 Å². The average molecular weight is 329 g/mol. The van der Waals surface area contributed by atoms with Gasteiger partial charge in [0.05, 0.1) is 13.2 Å². The SMILES string of the molecule is Cc1ccccc1/C=C1\NC(=O)N(CC(=O)N2CCOCC2)C1=O. The lowest BCUT2D eigenvalue weighted by molar-refractivity contribution is -0.139. The molecule has 1 aromatic carbocycles. The second kappa shape index (κ2) is 6.84. The predicted molar refractivity (Wildman–Crippen MR) is 86.8 cm³/mol. The van der Waals surface area contributed by atoms with Crippen LogP contribution in [0.3, 0.4) is 0 Å². The summed E-state index contributed by atoms with van der Waals surface area (Å²) in [5.41, 5.74) is 2.03. The van der Waals surface area contributed by atoms with Crippen molar-refractivity contribution in [1.29, 1.82) is 0 Å². The Labute approximate surface area is 139 Å². The fraction of sp³-hybridized carbons (Fsp3) is 0.353. The molecule has 7 nitrogen and oxygen atoms in total. The molecule has 2 aliphatic heterocycles. The minimum Gasteiger partial charge on any atom is -0.378 e. The maximum absolute atomic E-state index is 12.4. The van der Waals surface area contributed by atoms with Crippen molar-refractivity contribution in [2.75, 3.05) is 32.8 Å². The lowest BCUT2D eigenvalue weighted by Gasteiger charge is -2.27. The Morgan fingerprint density at radius 1 is 1.25 bits per heavy atom. The number of carbonyl (C=O) groups excluding carboxylic acids is 3. The summed E-state index contributed by atoms with van der Waals surface area (Å²) < 4.78 is 5.19. The highest BCUT2D eigenvalue weighted by molar-refractivity contribution is 6.15. The summed E-state index contributed by atoms with van der Waals surface area (Å²) in [6, 6.07) is 6.98. The first kappa shape index (κ1) is 16.2. The van der Waals surface area contributed by atoms with Gasteiger partial charge in [0.1, 0.15) is 12.2 Å². The molecule has 0 aliphatic carbocycles. The minimum atomic E-state index is -0.568. The number of ether oxygens (including phenoxy) is 1. The van der Waals surface area contributed by atoms with Gasteiger partial charge < -0.3 is 15.0 Å². The Morgan fingerprint density at radius 2 is 1.96 bits per heavy atom. The number of nitrogens with one attached hydrogen (secondary N) is 1. The van der Waals surface area contributed by atoms with Crippen molar-refractivity contribution >= 4 is 23.9 Å². The normalized spacial score (nSPS) is 19.8. The molecule has 1 N–H and O–H groups in total. The second-order valence-corrected chi connectivity index (χ2v) is 5.73. The summed E-state index contributed by atoms with van der Waals surface area (Å²) in [5.74, 6) is -0.733. The minimum absolute atomic E-state index is 0.184. The number of hydrogen-bond acceptors (Lipinski definition) is 4. The summed E-state index contributed by atoms with van der Waals surface area (Å²) in [7, 11) is 0. The number of aryl methyl sites for hydroxylation is 1. The van der Waals surface area contributed by atoms with E-state index in [0.29, 0.717) is 26.3 Å². The lowest BCUT2D eigenvalue weighted by Crippen LogP contribution is -2.47. The van der Waals surface area contributed by atoms with Gasteiger partial charge >= 0.3 is 6.03 Å². The van der Waals surface area contributed by atoms with E-state index in [-0.39, 0.29) is 18.1 Å². The standard InChI is InChI=1S/C17H19N3O4/c1-12-4-2-3-5-13(12)10-14-16(22)20(17(23)18-14)11-15(21)19-6-8-24-9-7-19/h2-5,10H,6-9,11H2,1H3,(H,18,23)/b14-10-. The number of rotatable bonds is 3. The fourth-order valence-corrected chi connectivity index (χ4v) is 2.67. The van der Waals surface area contributed by atoms with Crippen molar-refractivity contribution in [2.45, 2.75) is 6.92 Å². The zero-order chi connectivity index (χ0) is 17.1. The van der Waals surface area contributed by atoms with Crippen molar-refractivity contribution in [1.82, 2.24) is 15.1 Å². The van der Waals surface area contributed by atoms with Crippen molar-refractivity contribution in [3.05, 3.63) is 41.1 Å². The molecule has 7 heteroatoms. The van der Waals surface area contributed by atoms with Gasteiger partial charge in [-0.15, -0.1) is 0 Å². The molecule has 2 saturated heterocycles. The van der Waals surface area contributed by atoms with E-state index >= 15 is 0 Å². The van der Waals surface area contributed by atoms with E-state index in [2.05, 4.69) is 5.32 Å². The molecule has 0 saturated carbocycles. The van der Waals surface area contributed by atoms with Gasteiger partial charge in [0.25, 0.3) is 5.91 Å². The molecule has 2 heterocycles. The quantitative estimate of drug-likeness (QED) is 0.655. The van der Waals surface area contributed by atoms with Gasteiger partial charge in [0.15, 0.2) is 0 Å². The molecular formula is C17H19N3O4. The third-order valence-electron chi connectivity index (χ3n) is 4.11. The van der Waals surface area contributed by atoms with E-state index in [1.165, 1.54) is 0 Å². The average Bonchev–Trinajstić information content (AvgIpc) is 2.85. The number of amides is 4. The highest BCUT2D eigenvalue weighted by atomic mass is 16.5. The Bertz CT molecular complexity index is 708. The van der Waals surface area contributed by atoms with Crippen LogP contribution in [0.2, 0.25) is 0 Å². The molecule has 3 rings (SSSR count). The lowest BCUT2D eigenvalue weighted by atomic mass is 10.1. The molecule has 0 aromatic heterocycles. The molecule has 126 valence electrons. The number of hydrogen-bond donors (Lipinski definition) is 1. The highest BCUT2D eigenvalue weighted by Gasteiger charge is 2.36. The number of imide groups is 1. The van der Waals surface area contributed by atoms with Crippen LogP contribution in [0, 0.1) is 6.92 Å². The van der Waals surface area contributed by atoms with Gasteiger partial charge in [-0.1, -0.05) is 24.3 Å². The van der Waals surface area contributed by atoms with Crippen molar-refractivity contribution in [3.8, 4) is 0 Å². The zero-order valence-corrected chi connectivity index (χ0v) is 13.4. The number of carbonyl (C=O) groups is 3. The number of morpholine rings is 1. The predicted octanol–water partition coefficient (Wildman–Crippen LogP) is 0.747. The van der Waals surface area contributed by atoms with Crippen molar-refractivity contribution in [2.24, 2.45) is 0 Å². The third kappa shape index (κ3) is 3.30. The van der Waals surface area contributed by atoms with E-state index < -0.39 is 11.9 Å².